The molecule has 0 saturated heterocycles. The van der Waals surface area contributed by atoms with E-state index in [0.717, 1.165) is 27.6 Å². The number of fused-ring (bicyclic) bond motifs is 2. The predicted molar refractivity (Wildman–Crippen MR) is 121 cm³/mol. The van der Waals surface area contributed by atoms with Gasteiger partial charge in [-0.15, -0.1) is 12.4 Å². The highest BCUT2D eigenvalue weighted by Crippen LogP contribution is 2.41. The Morgan fingerprint density at radius 2 is 1.70 bits per heavy atom. The van der Waals surface area contributed by atoms with Gasteiger partial charge in [-0.1, -0.05) is 24.3 Å². The minimum Gasteiger partial charge on any atom is -0.545 e. The minimum absolute atomic E-state index is 0. The van der Waals surface area contributed by atoms with Crippen LogP contribution in [-0.4, -0.2) is 34.2 Å². The van der Waals surface area contributed by atoms with Gasteiger partial charge in [-0.2, -0.15) is 0 Å². The predicted octanol–water partition coefficient (Wildman–Crippen LogP) is 3.09. The molecule has 2 aromatic rings. The van der Waals surface area contributed by atoms with Gasteiger partial charge < -0.3 is 19.2 Å². The van der Waals surface area contributed by atoms with E-state index in [2.05, 4.69) is 0 Å². The van der Waals surface area contributed by atoms with E-state index in [1.54, 1.807) is 12.1 Å². The van der Waals surface area contributed by atoms with Gasteiger partial charge in [0, 0.05) is 54.0 Å². The van der Waals surface area contributed by atoms with Gasteiger partial charge in [0.1, 0.15) is 25.4 Å². The lowest BCUT2D eigenvalue weighted by atomic mass is 9.90. The second-order valence-electron chi connectivity index (χ2n) is 7.46. The maximum atomic E-state index is 11.8. The fraction of sp³-hybridized carbons (Fsp3) is 0.167. The van der Waals surface area contributed by atoms with Crippen LogP contribution in [0, 0.1) is 0 Å². The van der Waals surface area contributed by atoms with Crippen LogP contribution in [0.25, 0.3) is 33.4 Å². The number of rotatable bonds is 3. The summed E-state index contributed by atoms with van der Waals surface area (Å²) < 4.78 is 8.28. The van der Waals surface area contributed by atoms with Gasteiger partial charge in [0.05, 0.1) is 12.0 Å². The standard InChI is InChI=1S/C24H22N2O3.ClH/c1-25(2)15-9-11-19-21(13-15)29-22-14-16(26(3)4)10-12-20(22)23(19)17-7-5-6-8-18(17)24(27)28;/h5-14H,1-4H3;1H. The van der Waals surface area contributed by atoms with Gasteiger partial charge >= 0.3 is 0 Å². The number of hydrogen-bond acceptors (Lipinski definition) is 4. The van der Waals surface area contributed by atoms with Gasteiger partial charge in [0.2, 0.25) is 5.36 Å². The summed E-state index contributed by atoms with van der Waals surface area (Å²) in [4.78, 5) is 13.8. The number of benzene rings is 3. The monoisotopic (exact) mass is 422 g/mol. The summed E-state index contributed by atoms with van der Waals surface area (Å²) in [6.07, 6.45) is 0. The number of carbonyl (C=O) groups is 1. The van der Waals surface area contributed by atoms with E-state index in [4.69, 9.17) is 4.42 Å². The number of hydrogen-bond donors (Lipinski definition) is 0. The molecule has 6 heteroatoms. The molecule has 1 heterocycles. The van der Waals surface area contributed by atoms with Crippen LogP contribution in [0.15, 0.2) is 65.1 Å². The van der Waals surface area contributed by atoms with Crippen molar-refractivity contribution < 1.29 is 14.3 Å². The third kappa shape index (κ3) is 3.64. The molecule has 2 aromatic carbocycles. The number of carboxylic acid groups (broad SMARTS) is 1. The lowest BCUT2D eigenvalue weighted by molar-refractivity contribution is -0.254. The SMILES string of the molecule is CN(C)c1ccc2c(-c3ccccc3C(=O)[O-])c3ccc(=[N+](C)C)cc-3oc2c1.Cl. The topological polar surface area (TPSA) is 59.5 Å². The van der Waals surface area contributed by atoms with Gasteiger partial charge in [-0.05, 0) is 23.8 Å². The van der Waals surface area contributed by atoms with Crippen LogP contribution in [0.3, 0.4) is 0 Å². The number of nitrogens with zero attached hydrogens (tertiary/aromatic N) is 2. The summed E-state index contributed by atoms with van der Waals surface area (Å²) in [6.45, 7) is 0. The first-order chi connectivity index (χ1) is 13.9. The van der Waals surface area contributed by atoms with Crippen molar-refractivity contribution in [2.24, 2.45) is 0 Å². The zero-order chi connectivity index (χ0) is 20.7. The summed E-state index contributed by atoms with van der Waals surface area (Å²) in [5, 5.41) is 13.7. The Morgan fingerprint density at radius 1 is 0.967 bits per heavy atom. The molecule has 0 unspecified atom stereocenters. The molecule has 4 rings (SSSR count). The van der Waals surface area contributed by atoms with Crippen molar-refractivity contribution in [2.45, 2.75) is 0 Å². The molecule has 0 bridgehead atoms. The Balaban J connectivity index is 0.00000256. The average Bonchev–Trinajstić information content (AvgIpc) is 2.70. The number of anilines is 1. The maximum Gasteiger partial charge on any atom is 0.203 e. The number of carbonyl (C=O) groups excluding carboxylic acids is 1. The molecule has 0 radical (unpaired) electrons. The van der Waals surface area contributed by atoms with Crippen LogP contribution in [0.5, 0.6) is 0 Å². The first kappa shape index (κ1) is 21.4. The van der Waals surface area contributed by atoms with Crippen LogP contribution in [0.1, 0.15) is 10.4 Å². The Bertz CT molecular complexity index is 1290. The fourth-order valence-corrected chi connectivity index (χ4v) is 3.59. The Morgan fingerprint density at radius 3 is 2.37 bits per heavy atom. The number of carboxylic acids is 1. The van der Waals surface area contributed by atoms with E-state index >= 15 is 0 Å². The second kappa shape index (κ2) is 8.20. The molecule has 0 fully saturated rings. The van der Waals surface area contributed by atoms with Crippen LogP contribution < -0.4 is 19.9 Å². The summed E-state index contributed by atoms with van der Waals surface area (Å²) in [7, 11) is 7.88. The van der Waals surface area contributed by atoms with Gasteiger partial charge in [0.15, 0.2) is 0 Å². The van der Waals surface area contributed by atoms with E-state index in [0.29, 0.717) is 16.9 Å². The third-order valence-corrected chi connectivity index (χ3v) is 5.14. The van der Waals surface area contributed by atoms with Crippen molar-refractivity contribution in [3.63, 3.8) is 0 Å². The summed E-state index contributed by atoms with van der Waals surface area (Å²) in [6, 6.07) is 18.9. The fourth-order valence-electron chi connectivity index (χ4n) is 3.59. The summed E-state index contributed by atoms with van der Waals surface area (Å²) in [5.74, 6) is -0.500. The molecule has 0 aromatic heterocycles. The smallest absolute Gasteiger partial charge is 0.203 e. The van der Waals surface area contributed by atoms with Crippen LogP contribution in [0.4, 0.5) is 5.69 Å². The number of aromatic carboxylic acids is 1. The highest BCUT2D eigenvalue weighted by molar-refractivity contribution is 6.07. The van der Waals surface area contributed by atoms with Crippen LogP contribution in [0.2, 0.25) is 0 Å². The second-order valence-corrected chi connectivity index (χ2v) is 7.46. The minimum atomic E-state index is -1.20. The summed E-state index contributed by atoms with van der Waals surface area (Å²) >= 11 is 0. The molecule has 0 saturated carbocycles. The molecular formula is C24H23ClN2O3. The summed E-state index contributed by atoms with van der Waals surface area (Å²) in [5.41, 5.74) is 4.17. The Labute approximate surface area is 181 Å². The molecule has 5 nitrogen and oxygen atoms in total. The van der Waals surface area contributed by atoms with E-state index in [-0.39, 0.29) is 18.0 Å². The van der Waals surface area contributed by atoms with Crippen molar-refractivity contribution in [3.05, 3.63) is 71.6 Å². The molecule has 2 aliphatic rings. The Hall–Kier alpha value is -3.31. The van der Waals surface area contributed by atoms with Crippen LogP contribution in [-0.2, 0) is 0 Å². The lowest BCUT2D eigenvalue weighted by Gasteiger charge is -2.19. The maximum absolute atomic E-state index is 11.8. The van der Waals surface area contributed by atoms with Gasteiger partial charge in [-0.3, -0.25) is 0 Å². The normalized spacial score (nSPS) is 10.7. The zero-order valence-corrected chi connectivity index (χ0v) is 18.1. The van der Waals surface area contributed by atoms with Crippen molar-refractivity contribution >= 4 is 35.0 Å². The van der Waals surface area contributed by atoms with Crippen molar-refractivity contribution in [1.29, 1.82) is 0 Å². The molecule has 1 aliphatic carbocycles. The van der Waals surface area contributed by atoms with E-state index in [9.17, 15) is 9.90 Å². The largest absolute Gasteiger partial charge is 0.545 e. The average molecular weight is 423 g/mol. The van der Waals surface area contributed by atoms with Gasteiger partial charge in [0.25, 0.3) is 0 Å². The highest BCUT2D eigenvalue weighted by atomic mass is 35.5. The zero-order valence-electron chi connectivity index (χ0n) is 17.3. The lowest BCUT2D eigenvalue weighted by Crippen LogP contribution is -2.23. The molecule has 0 N–H and O–H groups in total. The number of halogens is 1. The molecule has 30 heavy (non-hydrogen) atoms. The van der Waals surface area contributed by atoms with E-state index < -0.39 is 5.97 Å². The van der Waals surface area contributed by atoms with E-state index in [1.807, 2.05) is 86.2 Å². The highest BCUT2D eigenvalue weighted by Gasteiger charge is 2.20. The van der Waals surface area contributed by atoms with Crippen molar-refractivity contribution in [3.8, 4) is 22.5 Å². The van der Waals surface area contributed by atoms with Gasteiger partial charge in [-0.25, -0.2) is 4.58 Å². The molecule has 0 spiro atoms. The quantitative estimate of drug-likeness (QED) is 0.376. The first-order valence-electron chi connectivity index (χ1n) is 9.36. The molecule has 0 atom stereocenters. The molecule has 154 valence electrons. The van der Waals surface area contributed by atoms with Crippen molar-refractivity contribution in [2.75, 3.05) is 33.1 Å². The third-order valence-electron chi connectivity index (χ3n) is 5.14. The molecule has 1 aliphatic heterocycles. The van der Waals surface area contributed by atoms with Crippen LogP contribution >= 0.6 is 12.4 Å². The van der Waals surface area contributed by atoms with Crippen molar-refractivity contribution in [1.82, 2.24) is 4.58 Å². The molecular weight excluding hydrogens is 400 g/mol. The molecule has 0 amide bonds. The van der Waals surface area contributed by atoms with E-state index in [1.165, 1.54) is 0 Å². The first-order valence-corrected chi connectivity index (χ1v) is 9.36. The Kier molecular flexibility index (Phi) is 5.85.